The van der Waals surface area contributed by atoms with Gasteiger partial charge in [0.05, 0.1) is 10.4 Å². The zero-order chi connectivity index (χ0) is 16.4. The molecule has 1 aromatic rings. The van der Waals surface area contributed by atoms with E-state index in [1.807, 2.05) is 25.8 Å². The van der Waals surface area contributed by atoms with E-state index in [1.165, 1.54) is 24.3 Å². The first-order valence-corrected chi connectivity index (χ1v) is 8.26. The van der Waals surface area contributed by atoms with Gasteiger partial charge in [-0.15, -0.1) is 0 Å². The molecule has 116 valence electrons. The number of hydrogen-bond donors (Lipinski definition) is 0. The van der Waals surface area contributed by atoms with Crippen molar-refractivity contribution in [2.24, 2.45) is 0 Å². The fourth-order valence-corrected chi connectivity index (χ4v) is 3.10. The molecule has 1 aliphatic rings. The summed E-state index contributed by atoms with van der Waals surface area (Å²) in [6.07, 6.45) is 2.81. The number of benzene rings is 1. The van der Waals surface area contributed by atoms with Crippen molar-refractivity contribution in [2.75, 3.05) is 13.7 Å². The van der Waals surface area contributed by atoms with E-state index in [1.54, 1.807) is 24.3 Å². The summed E-state index contributed by atoms with van der Waals surface area (Å²) >= 11 is 0. The van der Waals surface area contributed by atoms with Gasteiger partial charge in [-0.25, -0.2) is 8.42 Å². The highest BCUT2D eigenvalue weighted by molar-refractivity contribution is 7.95. The summed E-state index contributed by atoms with van der Waals surface area (Å²) in [5.74, 6) is 0.543. The van der Waals surface area contributed by atoms with Crippen LogP contribution in [0.25, 0.3) is 0 Å². The minimum absolute atomic E-state index is 0.0993. The number of nitrogens with zero attached hydrogens (tertiary/aromatic N) is 2. The molecular weight excluding hydrogens is 300 g/mol. The topological polar surface area (TPSA) is 70.4 Å². The molecule has 0 spiro atoms. The Kier molecular flexibility index (Phi) is 4.29. The van der Waals surface area contributed by atoms with Gasteiger partial charge in [-0.2, -0.15) is 5.26 Å². The molecule has 1 fully saturated rings. The van der Waals surface area contributed by atoms with Crippen LogP contribution in [0.2, 0.25) is 0 Å². The molecule has 0 saturated carbocycles. The minimum atomic E-state index is -3.81. The molecule has 0 aliphatic carbocycles. The maximum Gasteiger partial charge on any atom is 0.216 e. The average Bonchev–Trinajstić information content (AvgIpc) is 2.75. The van der Waals surface area contributed by atoms with Gasteiger partial charge in [0.15, 0.2) is 5.88 Å². The highest BCUT2D eigenvalue weighted by Gasteiger charge is 2.33. The predicted octanol–water partition coefficient (Wildman–Crippen LogP) is 2.45. The largest absolute Gasteiger partial charge is 0.477 e. The van der Waals surface area contributed by atoms with Gasteiger partial charge in [0, 0.05) is 13.1 Å². The zero-order valence-corrected chi connectivity index (χ0v) is 13.6. The lowest BCUT2D eigenvalue weighted by Gasteiger charge is -2.25. The Morgan fingerprint density at radius 3 is 2.50 bits per heavy atom. The molecule has 0 aromatic heterocycles. The van der Waals surface area contributed by atoms with Crippen LogP contribution in [-0.4, -0.2) is 32.5 Å². The van der Waals surface area contributed by atoms with Gasteiger partial charge < -0.3 is 9.64 Å². The van der Waals surface area contributed by atoms with Crippen molar-refractivity contribution in [1.82, 2.24) is 4.90 Å². The van der Waals surface area contributed by atoms with E-state index in [0.717, 1.165) is 0 Å². The number of allylic oxidation sites excluding steroid dienone is 3. The van der Waals surface area contributed by atoms with Crippen molar-refractivity contribution in [3.8, 4) is 6.07 Å². The van der Waals surface area contributed by atoms with Crippen LogP contribution < -0.4 is 0 Å². The normalized spacial score (nSPS) is 19.8. The summed E-state index contributed by atoms with van der Waals surface area (Å²) < 4.78 is 30.3. The first-order valence-electron chi connectivity index (χ1n) is 6.78. The molecule has 1 saturated heterocycles. The Balaban J connectivity index is 2.36. The predicted molar refractivity (Wildman–Crippen MR) is 83.2 cm³/mol. The van der Waals surface area contributed by atoms with Gasteiger partial charge in [0.25, 0.3) is 0 Å². The molecule has 22 heavy (non-hydrogen) atoms. The van der Waals surface area contributed by atoms with Gasteiger partial charge in [0.2, 0.25) is 9.84 Å². The molecule has 0 bridgehead atoms. The van der Waals surface area contributed by atoms with Crippen LogP contribution >= 0.6 is 0 Å². The van der Waals surface area contributed by atoms with E-state index in [-0.39, 0.29) is 15.3 Å². The minimum Gasteiger partial charge on any atom is -0.477 e. The molecule has 2 rings (SSSR count). The maximum atomic E-state index is 12.4. The Morgan fingerprint density at radius 1 is 1.36 bits per heavy atom. The Hall–Kier alpha value is -2.26. The number of likely N-dealkylation sites (N-methyl/N-ethyl adjacent to an activating group) is 1. The van der Waals surface area contributed by atoms with Gasteiger partial charge in [-0.05, 0) is 32.1 Å². The molecule has 0 N–H and O–H groups in total. The molecule has 5 nitrogen and oxygen atoms in total. The lowest BCUT2D eigenvalue weighted by atomic mass is 10.1. The van der Waals surface area contributed by atoms with Crippen LogP contribution in [0.5, 0.6) is 0 Å². The van der Waals surface area contributed by atoms with Gasteiger partial charge in [0.1, 0.15) is 17.6 Å². The zero-order valence-electron chi connectivity index (χ0n) is 12.8. The molecule has 1 aliphatic heterocycles. The quantitative estimate of drug-likeness (QED) is 0.801. The van der Waals surface area contributed by atoms with Crippen molar-refractivity contribution in [1.29, 1.82) is 5.26 Å². The number of sulfone groups is 1. The van der Waals surface area contributed by atoms with Crippen LogP contribution in [0.4, 0.5) is 0 Å². The standard InChI is InChI=1S/C16H18N2O3S/c1-16(2)12-21-15(18(16)3)10-9-14(11-17)22(19,20)13-7-5-4-6-8-13/h4-10H,12H2,1-3H3. The Bertz CT molecular complexity index is 756. The lowest BCUT2D eigenvalue weighted by molar-refractivity contribution is 0.236. The fourth-order valence-electron chi connectivity index (χ4n) is 1.96. The van der Waals surface area contributed by atoms with E-state index < -0.39 is 9.84 Å². The van der Waals surface area contributed by atoms with E-state index in [9.17, 15) is 13.7 Å². The number of ether oxygens (including phenoxy) is 1. The van der Waals surface area contributed by atoms with Crippen molar-refractivity contribution in [3.05, 3.63) is 53.3 Å². The summed E-state index contributed by atoms with van der Waals surface area (Å²) in [6, 6.07) is 9.66. The van der Waals surface area contributed by atoms with Crippen LogP contribution in [-0.2, 0) is 14.6 Å². The lowest BCUT2D eigenvalue weighted by Crippen LogP contribution is -2.36. The molecule has 1 heterocycles. The van der Waals surface area contributed by atoms with Gasteiger partial charge in [-0.3, -0.25) is 0 Å². The number of hydrogen-bond acceptors (Lipinski definition) is 5. The third kappa shape index (κ3) is 3.00. The molecule has 0 radical (unpaired) electrons. The number of rotatable bonds is 3. The van der Waals surface area contributed by atoms with Crippen molar-refractivity contribution in [3.63, 3.8) is 0 Å². The summed E-state index contributed by atoms with van der Waals surface area (Å²) in [6.45, 7) is 4.55. The molecule has 0 unspecified atom stereocenters. The Morgan fingerprint density at radius 2 is 2.00 bits per heavy atom. The molecular formula is C16H18N2O3S. The maximum absolute atomic E-state index is 12.4. The molecule has 6 heteroatoms. The van der Waals surface area contributed by atoms with Gasteiger partial charge in [-0.1, -0.05) is 18.2 Å². The number of nitriles is 1. The van der Waals surface area contributed by atoms with E-state index in [2.05, 4.69) is 0 Å². The highest BCUT2D eigenvalue weighted by Crippen LogP contribution is 2.27. The second kappa shape index (κ2) is 5.85. The van der Waals surface area contributed by atoms with E-state index in [0.29, 0.717) is 12.5 Å². The van der Waals surface area contributed by atoms with Crippen LogP contribution in [0.3, 0.4) is 0 Å². The molecule has 0 amide bonds. The van der Waals surface area contributed by atoms with Gasteiger partial charge >= 0.3 is 0 Å². The Labute approximate surface area is 131 Å². The molecule has 1 aromatic carbocycles. The van der Waals surface area contributed by atoms with Crippen molar-refractivity contribution < 1.29 is 13.2 Å². The SMILES string of the molecule is CN1C(=CC=C(C#N)S(=O)(=O)c2ccccc2)OCC1(C)C. The average molecular weight is 318 g/mol. The second-order valence-electron chi connectivity index (χ2n) is 5.62. The van der Waals surface area contributed by atoms with Crippen molar-refractivity contribution in [2.45, 2.75) is 24.3 Å². The fraction of sp³-hybridized carbons (Fsp3) is 0.312. The first-order chi connectivity index (χ1) is 10.3. The summed E-state index contributed by atoms with van der Waals surface area (Å²) in [7, 11) is -1.94. The summed E-state index contributed by atoms with van der Waals surface area (Å²) in [4.78, 5) is 1.70. The smallest absolute Gasteiger partial charge is 0.216 e. The second-order valence-corrected chi connectivity index (χ2v) is 7.54. The molecule has 0 atom stereocenters. The summed E-state index contributed by atoms with van der Waals surface area (Å²) in [5, 5.41) is 9.18. The van der Waals surface area contributed by atoms with Crippen molar-refractivity contribution >= 4 is 9.84 Å². The highest BCUT2D eigenvalue weighted by atomic mass is 32.2. The first kappa shape index (κ1) is 16.1. The van der Waals surface area contributed by atoms with Crippen LogP contribution in [0.1, 0.15) is 13.8 Å². The van der Waals surface area contributed by atoms with E-state index >= 15 is 0 Å². The summed E-state index contributed by atoms with van der Waals surface area (Å²) in [5.41, 5.74) is -0.162. The monoisotopic (exact) mass is 318 g/mol. The third-order valence-electron chi connectivity index (χ3n) is 3.64. The van der Waals surface area contributed by atoms with E-state index in [4.69, 9.17) is 4.74 Å². The van der Waals surface area contributed by atoms with Crippen LogP contribution in [0, 0.1) is 11.3 Å². The third-order valence-corrected chi connectivity index (χ3v) is 5.34. The van der Waals surface area contributed by atoms with Crippen LogP contribution in [0.15, 0.2) is 58.2 Å².